The number of hydrogen-bond acceptors (Lipinski definition) is 4. The number of sulfonamides is 1. The lowest BCUT2D eigenvalue weighted by Gasteiger charge is -2.12. The van der Waals surface area contributed by atoms with Gasteiger partial charge in [-0.2, -0.15) is 0 Å². The number of benzene rings is 2. The highest BCUT2D eigenvalue weighted by Crippen LogP contribution is 2.25. The molecule has 140 valence electrons. The second-order valence-electron chi connectivity index (χ2n) is 5.93. The van der Waals surface area contributed by atoms with Crippen LogP contribution in [0.3, 0.4) is 0 Å². The first kappa shape index (κ1) is 19.9. The number of rotatable bonds is 8. The predicted octanol–water partition coefficient (Wildman–Crippen LogP) is 2.62. The van der Waals surface area contributed by atoms with Crippen LogP contribution in [0, 0.1) is 6.92 Å². The summed E-state index contributed by atoms with van der Waals surface area (Å²) in [5, 5.41) is 2.80. The third-order valence-corrected chi connectivity index (χ3v) is 5.31. The van der Waals surface area contributed by atoms with E-state index in [2.05, 4.69) is 10.0 Å². The molecule has 0 radical (unpaired) electrons. The van der Waals surface area contributed by atoms with Gasteiger partial charge in [0.15, 0.2) is 0 Å². The molecule has 0 saturated carbocycles. The van der Waals surface area contributed by atoms with Crippen molar-refractivity contribution in [1.82, 2.24) is 10.0 Å². The molecule has 0 aliphatic rings. The van der Waals surface area contributed by atoms with Crippen LogP contribution in [0.4, 0.5) is 0 Å². The van der Waals surface area contributed by atoms with Gasteiger partial charge in [-0.25, -0.2) is 13.1 Å². The molecule has 2 aromatic carbocycles. The first-order chi connectivity index (χ1) is 12.4. The van der Waals surface area contributed by atoms with E-state index in [-0.39, 0.29) is 22.1 Å². The molecule has 0 fully saturated rings. The Morgan fingerprint density at radius 1 is 1.12 bits per heavy atom. The van der Waals surface area contributed by atoms with Crippen LogP contribution in [0.2, 0.25) is 0 Å². The van der Waals surface area contributed by atoms with E-state index in [0.717, 1.165) is 11.1 Å². The zero-order valence-electron chi connectivity index (χ0n) is 15.2. The molecular formula is C19H24N2O4S. The minimum atomic E-state index is -3.75. The summed E-state index contributed by atoms with van der Waals surface area (Å²) in [5.41, 5.74) is 2.37. The molecule has 7 heteroatoms. The number of amides is 1. The Kier molecular flexibility index (Phi) is 6.76. The quantitative estimate of drug-likeness (QED) is 0.742. The molecule has 0 aromatic heterocycles. The fourth-order valence-electron chi connectivity index (χ4n) is 2.33. The molecule has 2 N–H and O–H groups in total. The minimum absolute atomic E-state index is 0.0450. The van der Waals surface area contributed by atoms with Crippen LogP contribution in [-0.2, 0) is 16.6 Å². The van der Waals surface area contributed by atoms with Crippen molar-refractivity contribution in [3.8, 4) is 5.75 Å². The summed E-state index contributed by atoms with van der Waals surface area (Å²) < 4.78 is 32.5. The van der Waals surface area contributed by atoms with Crippen molar-refractivity contribution in [2.45, 2.75) is 31.7 Å². The number of hydrogen-bond donors (Lipinski definition) is 2. The fraction of sp³-hybridized carbons (Fsp3) is 0.316. The van der Waals surface area contributed by atoms with Crippen LogP contribution in [-0.4, -0.2) is 28.0 Å². The molecule has 0 heterocycles. The molecule has 0 aliphatic carbocycles. The van der Waals surface area contributed by atoms with Crippen LogP contribution in [0.25, 0.3) is 0 Å². The van der Waals surface area contributed by atoms with Crippen molar-refractivity contribution in [2.24, 2.45) is 0 Å². The Bertz CT molecular complexity index is 862. The van der Waals surface area contributed by atoms with Gasteiger partial charge in [0.2, 0.25) is 10.0 Å². The minimum Gasteiger partial charge on any atom is -0.495 e. The van der Waals surface area contributed by atoms with Gasteiger partial charge in [0.05, 0.1) is 7.11 Å². The second-order valence-corrected chi connectivity index (χ2v) is 7.67. The molecule has 0 unspecified atom stereocenters. The van der Waals surface area contributed by atoms with E-state index in [4.69, 9.17) is 4.74 Å². The summed E-state index contributed by atoms with van der Waals surface area (Å²) in [5.74, 6) is -0.149. The van der Waals surface area contributed by atoms with E-state index in [1.165, 1.54) is 19.2 Å². The third kappa shape index (κ3) is 5.06. The highest BCUT2D eigenvalue weighted by atomic mass is 32.2. The van der Waals surface area contributed by atoms with Gasteiger partial charge in [0.1, 0.15) is 10.6 Å². The maximum absolute atomic E-state index is 12.4. The van der Waals surface area contributed by atoms with Gasteiger partial charge in [-0.15, -0.1) is 0 Å². The Balaban J connectivity index is 2.19. The van der Waals surface area contributed by atoms with E-state index < -0.39 is 10.0 Å². The van der Waals surface area contributed by atoms with Gasteiger partial charge in [-0.3, -0.25) is 4.79 Å². The van der Waals surface area contributed by atoms with E-state index in [9.17, 15) is 13.2 Å². The SMILES string of the molecule is CCCNS(=O)(=O)c1cc(C(=O)NCc2ccc(C)cc2)ccc1OC. The molecular weight excluding hydrogens is 352 g/mol. The highest BCUT2D eigenvalue weighted by molar-refractivity contribution is 7.89. The smallest absolute Gasteiger partial charge is 0.251 e. The van der Waals surface area contributed by atoms with Crippen LogP contribution in [0.5, 0.6) is 5.75 Å². The average molecular weight is 376 g/mol. The lowest BCUT2D eigenvalue weighted by molar-refractivity contribution is 0.0950. The molecule has 0 bridgehead atoms. The summed E-state index contributed by atoms with van der Waals surface area (Å²) >= 11 is 0. The zero-order valence-corrected chi connectivity index (χ0v) is 16.0. The monoisotopic (exact) mass is 376 g/mol. The summed E-state index contributed by atoms with van der Waals surface area (Å²) in [7, 11) is -2.35. The predicted molar refractivity (Wildman–Crippen MR) is 101 cm³/mol. The standard InChI is InChI=1S/C19H24N2O4S/c1-4-11-21-26(23,24)18-12-16(9-10-17(18)25-3)19(22)20-13-15-7-5-14(2)6-8-15/h5-10,12,21H,4,11,13H2,1-3H3,(H,20,22). The first-order valence-electron chi connectivity index (χ1n) is 8.39. The van der Waals surface area contributed by atoms with Crippen LogP contribution < -0.4 is 14.8 Å². The van der Waals surface area contributed by atoms with Crippen molar-refractivity contribution < 1.29 is 17.9 Å². The molecule has 0 saturated heterocycles. The van der Waals surface area contributed by atoms with E-state index in [1.54, 1.807) is 6.07 Å². The summed E-state index contributed by atoms with van der Waals surface area (Å²) in [6, 6.07) is 12.2. The molecule has 0 atom stereocenters. The zero-order chi connectivity index (χ0) is 19.2. The van der Waals surface area contributed by atoms with Gasteiger partial charge in [-0.05, 0) is 37.1 Å². The number of nitrogens with one attached hydrogen (secondary N) is 2. The molecule has 2 rings (SSSR count). The van der Waals surface area contributed by atoms with Gasteiger partial charge in [-0.1, -0.05) is 36.8 Å². The largest absolute Gasteiger partial charge is 0.495 e. The van der Waals surface area contributed by atoms with Gasteiger partial charge in [0.25, 0.3) is 5.91 Å². The molecule has 2 aromatic rings. The number of aryl methyl sites for hydroxylation is 1. The summed E-state index contributed by atoms with van der Waals surface area (Å²) in [4.78, 5) is 12.4. The number of methoxy groups -OCH3 is 1. The molecule has 1 amide bonds. The lowest BCUT2D eigenvalue weighted by Crippen LogP contribution is -2.26. The maximum atomic E-state index is 12.4. The third-order valence-electron chi connectivity index (χ3n) is 3.83. The highest BCUT2D eigenvalue weighted by Gasteiger charge is 2.21. The Hall–Kier alpha value is -2.38. The maximum Gasteiger partial charge on any atom is 0.251 e. The molecule has 6 nitrogen and oxygen atoms in total. The summed E-state index contributed by atoms with van der Waals surface area (Å²) in [6.45, 7) is 4.54. The summed E-state index contributed by atoms with van der Waals surface area (Å²) in [6.07, 6.45) is 0.665. The van der Waals surface area contributed by atoms with Crippen molar-refractivity contribution in [2.75, 3.05) is 13.7 Å². The topological polar surface area (TPSA) is 84.5 Å². The Morgan fingerprint density at radius 2 is 1.81 bits per heavy atom. The van der Waals surface area contributed by atoms with Gasteiger partial charge >= 0.3 is 0 Å². The second kappa shape index (κ2) is 8.82. The number of ether oxygens (including phenoxy) is 1. The van der Waals surface area contributed by atoms with E-state index in [1.807, 2.05) is 38.1 Å². The molecule has 0 spiro atoms. The van der Waals surface area contributed by atoms with Gasteiger partial charge in [0, 0.05) is 18.7 Å². The van der Waals surface area contributed by atoms with Crippen LogP contribution in [0.15, 0.2) is 47.4 Å². The number of carbonyl (C=O) groups excluding carboxylic acids is 1. The average Bonchev–Trinajstić information content (AvgIpc) is 2.65. The van der Waals surface area contributed by atoms with Crippen molar-refractivity contribution >= 4 is 15.9 Å². The van der Waals surface area contributed by atoms with Crippen LogP contribution in [0.1, 0.15) is 34.8 Å². The fourth-order valence-corrected chi connectivity index (χ4v) is 3.66. The normalized spacial score (nSPS) is 11.2. The van der Waals surface area contributed by atoms with Crippen molar-refractivity contribution in [3.05, 3.63) is 59.2 Å². The van der Waals surface area contributed by atoms with E-state index in [0.29, 0.717) is 19.5 Å². The van der Waals surface area contributed by atoms with Crippen molar-refractivity contribution in [1.29, 1.82) is 0 Å². The van der Waals surface area contributed by atoms with Crippen LogP contribution >= 0.6 is 0 Å². The lowest BCUT2D eigenvalue weighted by atomic mass is 10.1. The Labute approximate surface area is 154 Å². The Morgan fingerprint density at radius 3 is 2.42 bits per heavy atom. The van der Waals surface area contributed by atoms with Gasteiger partial charge < -0.3 is 10.1 Å². The van der Waals surface area contributed by atoms with Crippen molar-refractivity contribution in [3.63, 3.8) is 0 Å². The first-order valence-corrected chi connectivity index (χ1v) is 9.87. The molecule has 26 heavy (non-hydrogen) atoms. The molecule has 0 aliphatic heterocycles. The number of carbonyl (C=O) groups is 1. The van der Waals surface area contributed by atoms with E-state index >= 15 is 0 Å².